The van der Waals surface area contributed by atoms with Gasteiger partial charge in [0.15, 0.2) is 0 Å². The average molecular weight is 340 g/mol. The summed E-state index contributed by atoms with van der Waals surface area (Å²) in [6, 6.07) is -0.972. The Hall–Kier alpha value is -1.89. The number of rotatable bonds is 5. The van der Waals surface area contributed by atoms with Gasteiger partial charge in [0.05, 0.1) is 0 Å². The normalized spacial score (nSPS) is 21.6. The topological polar surface area (TPSA) is 95.9 Å². The van der Waals surface area contributed by atoms with Crippen LogP contribution >= 0.6 is 0 Å². The van der Waals surface area contributed by atoms with E-state index in [2.05, 4.69) is 5.32 Å². The van der Waals surface area contributed by atoms with Gasteiger partial charge in [-0.1, -0.05) is 6.08 Å². The Labute approximate surface area is 143 Å². The van der Waals surface area contributed by atoms with Gasteiger partial charge in [0, 0.05) is 19.6 Å². The van der Waals surface area contributed by atoms with Crippen LogP contribution in [-0.4, -0.2) is 52.1 Å². The van der Waals surface area contributed by atoms with Crippen molar-refractivity contribution >= 4 is 17.8 Å². The first kappa shape index (κ1) is 20.2. The smallest absolute Gasteiger partial charge is 0.329 e. The van der Waals surface area contributed by atoms with E-state index in [1.807, 2.05) is 0 Å². The Bertz CT molecular complexity index is 522. The molecule has 7 heteroatoms. The third-order valence-corrected chi connectivity index (χ3v) is 3.71. The highest BCUT2D eigenvalue weighted by molar-refractivity contribution is 5.99. The SMILES string of the molecule is CC=C(NC(C)=O)C(=O)N1[C@@H](CCO)CC[C@H]1C(=O)OC(C)(C)C. The molecule has 136 valence electrons. The molecule has 2 atom stereocenters. The number of aliphatic hydroxyl groups is 1. The van der Waals surface area contributed by atoms with Crippen molar-refractivity contribution in [3.8, 4) is 0 Å². The largest absolute Gasteiger partial charge is 0.458 e. The summed E-state index contributed by atoms with van der Waals surface area (Å²) in [6.07, 6.45) is 2.96. The number of carbonyl (C=O) groups is 3. The number of hydrogen-bond acceptors (Lipinski definition) is 5. The van der Waals surface area contributed by atoms with Gasteiger partial charge in [-0.3, -0.25) is 9.59 Å². The van der Waals surface area contributed by atoms with Crippen LogP contribution in [0, 0.1) is 0 Å². The fourth-order valence-electron chi connectivity index (χ4n) is 2.80. The fourth-order valence-corrected chi connectivity index (χ4v) is 2.80. The van der Waals surface area contributed by atoms with Gasteiger partial charge in [0.25, 0.3) is 5.91 Å². The van der Waals surface area contributed by atoms with Gasteiger partial charge in [-0.05, 0) is 47.0 Å². The summed E-state index contributed by atoms with van der Waals surface area (Å²) in [5.41, 5.74) is -0.525. The Morgan fingerprint density at radius 3 is 2.38 bits per heavy atom. The second-order valence-electron chi connectivity index (χ2n) is 6.89. The van der Waals surface area contributed by atoms with Crippen LogP contribution < -0.4 is 5.32 Å². The van der Waals surface area contributed by atoms with Crippen LogP contribution in [0.1, 0.15) is 53.9 Å². The van der Waals surface area contributed by atoms with Gasteiger partial charge >= 0.3 is 5.97 Å². The highest BCUT2D eigenvalue weighted by atomic mass is 16.6. The highest BCUT2D eigenvalue weighted by Gasteiger charge is 2.43. The Balaban J connectivity index is 3.06. The molecular formula is C17H28N2O5. The van der Waals surface area contributed by atoms with Crippen LogP contribution in [-0.2, 0) is 19.1 Å². The maximum Gasteiger partial charge on any atom is 0.329 e. The van der Waals surface area contributed by atoms with E-state index in [0.717, 1.165) is 0 Å². The first-order valence-corrected chi connectivity index (χ1v) is 8.21. The molecule has 7 nitrogen and oxygen atoms in total. The van der Waals surface area contributed by atoms with Crippen molar-refractivity contribution in [2.75, 3.05) is 6.61 Å². The molecule has 1 aliphatic heterocycles. The molecule has 0 unspecified atom stereocenters. The van der Waals surface area contributed by atoms with E-state index in [1.54, 1.807) is 27.7 Å². The van der Waals surface area contributed by atoms with Crippen LogP contribution in [0.25, 0.3) is 0 Å². The number of aliphatic hydroxyl groups excluding tert-OH is 1. The standard InChI is InChI=1S/C17H28N2O5/c1-6-13(18-11(2)21)15(22)19-12(9-10-20)7-8-14(19)16(23)24-17(3,4)5/h6,12,14,20H,7-10H2,1-5H3,(H,18,21)/t12-,14+/m1/s1. The number of amides is 2. The molecule has 0 aliphatic carbocycles. The first-order chi connectivity index (χ1) is 11.1. The molecule has 24 heavy (non-hydrogen) atoms. The quantitative estimate of drug-likeness (QED) is 0.577. The minimum Gasteiger partial charge on any atom is -0.458 e. The second kappa shape index (κ2) is 8.28. The number of esters is 1. The van der Waals surface area contributed by atoms with Crippen molar-refractivity contribution in [3.05, 3.63) is 11.8 Å². The van der Waals surface area contributed by atoms with Crippen molar-refractivity contribution in [3.63, 3.8) is 0 Å². The molecule has 1 rings (SSSR count). The van der Waals surface area contributed by atoms with E-state index in [0.29, 0.717) is 19.3 Å². The van der Waals surface area contributed by atoms with Crippen LogP contribution in [0.5, 0.6) is 0 Å². The van der Waals surface area contributed by atoms with Crippen molar-refractivity contribution < 1.29 is 24.2 Å². The predicted molar refractivity (Wildman–Crippen MR) is 88.8 cm³/mol. The van der Waals surface area contributed by atoms with E-state index in [9.17, 15) is 19.5 Å². The number of nitrogens with one attached hydrogen (secondary N) is 1. The molecule has 1 fully saturated rings. The fraction of sp³-hybridized carbons (Fsp3) is 0.706. The molecule has 1 aliphatic rings. The van der Waals surface area contributed by atoms with Crippen molar-refractivity contribution in [1.82, 2.24) is 10.2 Å². The van der Waals surface area contributed by atoms with Crippen LogP contribution in [0.4, 0.5) is 0 Å². The minimum absolute atomic E-state index is 0.0825. The Morgan fingerprint density at radius 1 is 1.29 bits per heavy atom. The number of allylic oxidation sites excluding steroid dienone is 1. The number of ether oxygens (including phenoxy) is 1. The second-order valence-corrected chi connectivity index (χ2v) is 6.89. The first-order valence-electron chi connectivity index (χ1n) is 8.21. The molecule has 0 aromatic carbocycles. The lowest BCUT2D eigenvalue weighted by Gasteiger charge is -2.31. The molecule has 0 bridgehead atoms. The number of hydrogen-bond donors (Lipinski definition) is 2. The van der Waals surface area contributed by atoms with Crippen LogP contribution in [0.15, 0.2) is 11.8 Å². The minimum atomic E-state index is -0.711. The third-order valence-electron chi connectivity index (χ3n) is 3.71. The van der Waals surface area contributed by atoms with Gasteiger partial charge in [0.2, 0.25) is 5.91 Å². The monoisotopic (exact) mass is 340 g/mol. The van der Waals surface area contributed by atoms with Gasteiger partial charge in [-0.25, -0.2) is 4.79 Å². The molecule has 2 amide bonds. The van der Waals surface area contributed by atoms with Crippen molar-refractivity contribution in [2.24, 2.45) is 0 Å². The molecule has 1 heterocycles. The lowest BCUT2D eigenvalue weighted by atomic mass is 10.1. The van der Waals surface area contributed by atoms with E-state index in [1.165, 1.54) is 17.9 Å². The summed E-state index contributed by atoms with van der Waals surface area (Å²) in [7, 11) is 0. The lowest BCUT2D eigenvalue weighted by Crippen LogP contribution is -2.49. The maximum atomic E-state index is 12.8. The zero-order valence-electron chi connectivity index (χ0n) is 15.1. The molecular weight excluding hydrogens is 312 g/mol. The maximum absolute atomic E-state index is 12.8. The molecule has 1 saturated heterocycles. The van der Waals surface area contributed by atoms with E-state index < -0.39 is 23.5 Å². The summed E-state index contributed by atoms with van der Waals surface area (Å²) in [6.45, 7) is 8.19. The van der Waals surface area contributed by atoms with E-state index in [-0.39, 0.29) is 24.3 Å². The zero-order valence-corrected chi connectivity index (χ0v) is 15.1. The zero-order chi connectivity index (χ0) is 18.5. The van der Waals surface area contributed by atoms with Crippen LogP contribution in [0.2, 0.25) is 0 Å². The third kappa shape index (κ3) is 5.33. The van der Waals surface area contributed by atoms with Gasteiger partial charge in [-0.2, -0.15) is 0 Å². The molecule has 2 N–H and O–H groups in total. The number of nitrogens with zero attached hydrogens (tertiary/aromatic N) is 1. The molecule has 0 radical (unpaired) electrons. The summed E-state index contributed by atoms with van der Waals surface area (Å²) >= 11 is 0. The summed E-state index contributed by atoms with van der Waals surface area (Å²) in [5.74, 6) is -1.25. The number of likely N-dealkylation sites (tertiary alicyclic amines) is 1. The van der Waals surface area contributed by atoms with Gasteiger partial charge < -0.3 is 20.1 Å². The van der Waals surface area contributed by atoms with Crippen LogP contribution in [0.3, 0.4) is 0 Å². The van der Waals surface area contributed by atoms with E-state index >= 15 is 0 Å². The molecule has 0 aromatic heterocycles. The summed E-state index contributed by atoms with van der Waals surface area (Å²) in [5, 5.41) is 11.7. The molecule has 0 saturated carbocycles. The molecule has 0 spiro atoms. The van der Waals surface area contributed by atoms with Crippen molar-refractivity contribution in [2.45, 2.75) is 71.6 Å². The summed E-state index contributed by atoms with van der Waals surface area (Å²) < 4.78 is 5.42. The van der Waals surface area contributed by atoms with Gasteiger partial charge in [0.1, 0.15) is 17.3 Å². The number of carbonyl (C=O) groups excluding carboxylic acids is 3. The summed E-state index contributed by atoms with van der Waals surface area (Å²) in [4.78, 5) is 38.0. The van der Waals surface area contributed by atoms with E-state index in [4.69, 9.17) is 4.74 Å². The van der Waals surface area contributed by atoms with Gasteiger partial charge in [-0.15, -0.1) is 0 Å². The molecule has 0 aromatic rings. The Kier molecular flexibility index (Phi) is 6.95. The lowest BCUT2D eigenvalue weighted by molar-refractivity contribution is -0.163. The highest BCUT2D eigenvalue weighted by Crippen LogP contribution is 2.29. The predicted octanol–water partition coefficient (Wildman–Crippen LogP) is 1.11. The average Bonchev–Trinajstić information content (AvgIpc) is 2.86. The Morgan fingerprint density at radius 2 is 1.92 bits per heavy atom. The van der Waals surface area contributed by atoms with Crippen molar-refractivity contribution in [1.29, 1.82) is 0 Å².